The van der Waals surface area contributed by atoms with Crippen molar-refractivity contribution in [1.82, 2.24) is 4.72 Å². The fourth-order valence-electron chi connectivity index (χ4n) is 2.38. The zero-order chi connectivity index (χ0) is 17.3. The molecule has 1 atom stereocenters. The molecule has 2 aromatic carbocycles. The lowest BCUT2D eigenvalue weighted by Gasteiger charge is -2.15. The summed E-state index contributed by atoms with van der Waals surface area (Å²) in [6.07, 6.45) is 0. The minimum Gasteiger partial charge on any atom is -0.454 e. The van der Waals surface area contributed by atoms with Gasteiger partial charge < -0.3 is 9.47 Å². The third-order valence-electron chi connectivity index (χ3n) is 3.58. The third kappa shape index (κ3) is 3.03. The Balaban J connectivity index is 1.88. The van der Waals surface area contributed by atoms with E-state index >= 15 is 0 Å². The van der Waals surface area contributed by atoms with Gasteiger partial charge in [-0.1, -0.05) is 18.2 Å². The van der Waals surface area contributed by atoms with Crippen LogP contribution in [0.4, 0.5) is 5.69 Å². The third-order valence-corrected chi connectivity index (χ3v) is 5.17. The first-order chi connectivity index (χ1) is 11.4. The average Bonchev–Trinajstić information content (AvgIpc) is 3.02. The molecule has 0 saturated heterocycles. The highest BCUT2D eigenvalue weighted by molar-refractivity contribution is 7.89. The van der Waals surface area contributed by atoms with E-state index in [1.165, 1.54) is 18.2 Å². The van der Waals surface area contributed by atoms with E-state index in [1.807, 2.05) is 0 Å². The summed E-state index contributed by atoms with van der Waals surface area (Å²) in [4.78, 5) is 9.94. The number of rotatable bonds is 5. The lowest BCUT2D eigenvalue weighted by atomic mass is 10.1. The van der Waals surface area contributed by atoms with E-state index in [-0.39, 0.29) is 11.7 Å². The predicted molar refractivity (Wildman–Crippen MR) is 84.4 cm³/mol. The Hall–Kier alpha value is -2.65. The first-order valence-corrected chi connectivity index (χ1v) is 8.52. The van der Waals surface area contributed by atoms with Gasteiger partial charge >= 0.3 is 0 Å². The van der Waals surface area contributed by atoms with E-state index < -0.39 is 26.7 Å². The number of hydrogen-bond acceptors (Lipinski definition) is 6. The lowest BCUT2D eigenvalue weighted by Crippen LogP contribution is -2.27. The van der Waals surface area contributed by atoms with Gasteiger partial charge in [0.05, 0.1) is 4.92 Å². The normalized spacial score (nSPS) is 14.4. The van der Waals surface area contributed by atoms with E-state index in [2.05, 4.69) is 4.72 Å². The molecule has 0 aromatic heterocycles. The summed E-state index contributed by atoms with van der Waals surface area (Å²) in [7, 11) is -4.06. The van der Waals surface area contributed by atoms with Gasteiger partial charge in [-0.3, -0.25) is 10.1 Å². The number of fused-ring (bicyclic) bond motifs is 1. The molecule has 8 nitrogen and oxygen atoms in total. The fourth-order valence-corrected chi connectivity index (χ4v) is 3.79. The number of sulfonamides is 1. The van der Waals surface area contributed by atoms with E-state index in [0.717, 1.165) is 6.07 Å². The molecule has 126 valence electrons. The molecule has 3 rings (SSSR count). The first-order valence-electron chi connectivity index (χ1n) is 7.04. The maximum atomic E-state index is 12.5. The Morgan fingerprint density at radius 2 is 1.88 bits per heavy atom. The monoisotopic (exact) mass is 350 g/mol. The zero-order valence-electron chi connectivity index (χ0n) is 12.6. The van der Waals surface area contributed by atoms with Gasteiger partial charge in [0.15, 0.2) is 16.4 Å². The van der Waals surface area contributed by atoms with Crippen LogP contribution in [0.15, 0.2) is 47.4 Å². The van der Waals surface area contributed by atoms with E-state index in [9.17, 15) is 18.5 Å². The largest absolute Gasteiger partial charge is 0.454 e. The molecule has 0 fully saturated rings. The van der Waals surface area contributed by atoms with Crippen molar-refractivity contribution >= 4 is 15.7 Å². The number of nitrogens with zero attached hydrogens (tertiary/aromatic N) is 1. The van der Waals surface area contributed by atoms with Gasteiger partial charge in [-0.15, -0.1) is 0 Å². The number of benzene rings is 2. The van der Waals surface area contributed by atoms with Crippen LogP contribution in [-0.4, -0.2) is 20.1 Å². The highest BCUT2D eigenvalue weighted by atomic mass is 32.2. The average molecular weight is 350 g/mol. The maximum Gasteiger partial charge on any atom is 0.289 e. The first kappa shape index (κ1) is 16.2. The SMILES string of the molecule is CC(NS(=O)(=O)c1ccccc1[N+](=O)[O-])c1ccc2c(c1)OCO2. The molecule has 0 aliphatic carbocycles. The van der Waals surface area contributed by atoms with Gasteiger partial charge in [0.1, 0.15) is 0 Å². The van der Waals surface area contributed by atoms with Crippen molar-refractivity contribution in [2.75, 3.05) is 6.79 Å². The number of hydrogen-bond donors (Lipinski definition) is 1. The van der Waals surface area contributed by atoms with Crippen LogP contribution in [0, 0.1) is 10.1 Å². The van der Waals surface area contributed by atoms with Crippen molar-refractivity contribution in [3.63, 3.8) is 0 Å². The van der Waals surface area contributed by atoms with E-state index in [4.69, 9.17) is 9.47 Å². The predicted octanol–water partition coefficient (Wildman–Crippen LogP) is 2.36. The summed E-state index contributed by atoms with van der Waals surface area (Å²) in [5.41, 5.74) is 0.185. The van der Waals surface area contributed by atoms with Crippen molar-refractivity contribution < 1.29 is 22.8 Å². The van der Waals surface area contributed by atoms with Gasteiger partial charge in [0.25, 0.3) is 5.69 Å². The van der Waals surface area contributed by atoms with Gasteiger partial charge in [-0.25, -0.2) is 13.1 Å². The van der Waals surface area contributed by atoms with Gasteiger partial charge in [-0.05, 0) is 30.7 Å². The molecule has 24 heavy (non-hydrogen) atoms. The van der Waals surface area contributed by atoms with Gasteiger partial charge in [0.2, 0.25) is 16.8 Å². The topological polar surface area (TPSA) is 108 Å². The fraction of sp³-hybridized carbons (Fsp3) is 0.200. The second-order valence-corrected chi connectivity index (χ2v) is 6.86. The van der Waals surface area contributed by atoms with Crippen LogP contribution in [-0.2, 0) is 10.0 Å². The van der Waals surface area contributed by atoms with Crippen LogP contribution in [0.1, 0.15) is 18.5 Å². The molecule has 1 aliphatic heterocycles. The summed E-state index contributed by atoms with van der Waals surface area (Å²) in [5, 5.41) is 11.0. The van der Waals surface area contributed by atoms with Crippen molar-refractivity contribution in [3.8, 4) is 11.5 Å². The smallest absolute Gasteiger partial charge is 0.289 e. The molecule has 1 aliphatic rings. The molecule has 0 bridgehead atoms. The van der Waals surface area contributed by atoms with E-state index in [0.29, 0.717) is 17.1 Å². The second kappa shape index (κ2) is 6.10. The van der Waals surface area contributed by atoms with Crippen molar-refractivity contribution in [1.29, 1.82) is 0 Å². The van der Waals surface area contributed by atoms with Crippen molar-refractivity contribution in [2.45, 2.75) is 17.9 Å². The zero-order valence-corrected chi connectivity index (χ0v) is 13.4. The van der Waals surface area contributed by atoms with Crippen molar-refractivity contribution in [3.05, 3.63) is 58.1 Å². The van der Waals surface area contributed by atoms with Gasteiger partial charge in [-0.2, -0.15) is 0 Å². The van der Waals surface area contributed by atoms with Crippen LogP contribution in [0.3, 0.4) is 0 Å². The number of nitro benzene ring substituents is 1. The molecular formula is C15H14N2O6S. The standard InChI is InChI=1S/C15H14N2O6S/c1-10(11-6-7-13-14(8-11)23-9-22-13)16-24(20,21)15-5-3-2-4-12(15)17(18)19/h2-8,10,16H,9H2,1H3. The molecule has 0 saturated carbocycles. The number of nitro groups is 1. The summed E-state index contributed by atoms with van der Waals surface area (Å²) < 4.78 is 37.9. The summed E-state index contributed by atoms with van der Waals surface area (Å²) >= 11 is 0. The van der Waals surface area contributed by atoms with Crippen LogP contribution in [0.5, 0.6) is 11.5 Å². The number of ether oxygens (including phenoxy) is 2. The number of para-hydroxylation sites is 1. The van der Waals surface area contributed by atoms with Gasteiger partial charge in [0, 0.05) is 12.1 Å². The van der Waals surface area contributed by atoms with Crippen LogP contribution < -0.4 is 14.2 Å². The summed E-state index contributed by atoms with van der Waals surface area (Å²) in [6.45, 7) is 1.76. The molecular weight excluding hydrogens is 336 g/mol. The minimum absolute atomic E-state index is 0.120. The lowest BCUT2D eigenvalue weighted by molar-refractivity contribution is -0.387. The summed E-state index contributed by atoms with van der Waals surface area (Å²) in [6, 6.07) is 9.67. The molecule has 0 spiro atoms. The van der Waals surface area contributed by atoms with Crippen molar-refractivity contribution in [2.24, 2.45) is 0 Å². The van der Waals surface area contributed by atoms with Crippen LogP contribution in [0.2, 0.25) is 0 Å². The Labute approximate surface area is 138 Å². The molecule has 2 aromatic rings. The van der Waals surface area contributed by atoms with Crippen LogP contribution in [0.25, 0.3) is 0 Å². The Bertz CT molecular complexity index is 897. The molecule has 9 heteroatoms. The summed E-state index contributed by atoms with van der Waals surface area (Å²) in [5.74, 6) is 1.12. The quantitative estimate of drug-likeness (QED) is 0.655. The van der Waals surface area contributed by atoms with E-state index in [1.54, 1.807) is 25.1 Å². The molecule has 1 heterocycles. The molecule has 0 amide bonds. The molecule has 0 radical (unpaired) electrons. The Morgan fingerprint density at radius 1 is 1.17 bits per heavy atom. The molecule has 1 unspecified atom stereocenters. The molecule has 1 N–H and O–H groups in total. The number of nitrogens with one attached hydrogen (secondary N) is 1. The Kier molecular flexibility index (Phi) is 4.12. The van der Waals surface area contributed by atoms with Crippen LogP contribution >= 0.6 is 0 Å². The highest BCUT2D eigenvalue weighted by Crippen LogP contribution is 2.34. The Morgan fingerprint density at radius 3 is 2.62 bits per heavy atom. The maximum absolute atomic E-state index is 12.5. The highest BCUT2D eigenvalue weighted by Gasteiger charge is 2.27. The minimum atomic E-state index is -4.06. The second-order valence-electron chi connectivity index (χ2n) is 5.18.